The van der Waals surface area contributed by atoms with Gasteiger partial charge in [-0.3, -0.25) is 9.78 Å². The van der Waals surface area contributed by atoms with Gasteiger partial charge in [-0.2, -0.15) is 0 Å². The van der Waals surface area contributed by atoms with E-state index in [-0.39, 0.29) is 5.78 Å². The molecule has 0 saturated carbocycles. The number of aryl methyl sites for hydroxylation is 1. The van der Waals surface area contributed by atoms with Crippen LogP contribution in [0.25, 0.3) is 0 Å². The number of hydrogen-bond donors (Lipinski definition) is 0. The maximum Gasteiger partial charge on any atom is 0.161 e. The number of nitrogens with zero attached hydrogens (tertiary/aromatic N) is 1. The molecule has 1 heterocycles. The summed E-state index contributed by atoms with van der Waals surface area (Å²) < 4.78 is 0. The number of rotatable bonds is 3. The van der Waals surface area contributed by atoms with Gasteiger partial charge in [-0.1, -0.05) is 13.3 Å². The molecule has 0 unspecified atom stereocenters. The fourth-order valence-electron chi connectivity index (χ4n) is 1.11. The van der Waals surface area contributed by atoms with Crippen LogP contribution in [0, 0.1) is 0 Å². The van der Waals surface area contributed by atoms with Gasteiger partial charge in [-0.15, -0.1) is 0 Å². The molecular formula is C10H13NO. The highest BCUT2D eigenvalue weighted by Crippen LogP contribution is 2.05. The Bertz CT molecular complexity index is 281. The summed E-state index contributed by atoms with van der Waals surface area (Å²) in [5.74, 6) is 0.0838. The minimum absolute atomic E-state index is 0.0838. The summed E-state index contributed by atoms with van der Waals surface area (Å²) in [7, 11) is 0. The summed E-state index contributed by atoms with van der Waals surface area (Å²) in [6.07, 6.45) is 5.51. The van der Waals surface area contributed by atoms with Crippen molar-refractivity contribution in [3.8, 4) is 0 Å². The fraction of sp³-hybridized carbons (Fsp3) is 0.400. The van der Waals surface area contributed by atoms with Gasteiger partial charge in [0.2, 0.25) is 0 Å². The van der Waals surface area contributed by atoms with Crippen molar-refractivity contribution in [1.82, 2.24) is 4.98 Å². The van der Waals surface area contributed by atoms with Crippen molar-refractivity contribution in [3.63, 3.8) is 0 Å². The predicted octanol–water partition coefficient (Wildman–Crippen LogP) is 2.24. The molecule has 12 heavy (non-hydrogen) atoms. The molecule has 0 atom stereocenters. The zero-order chi connectivity index (χ0) is 8.97. The molecule has 0 aliphatic heterocycles. The van der Waals surface area contributed by atoms with Gasteiger partial charge in [0.1, 0.15) is 0 Å². The van der Waals surface area contributed by atoms with Crippen LogP contribution in [0.2, 0.25) is 0 Å². The molecule has 1 rings (SSSR count). The molecule has 1 aromatic rings. The second kappa shape index (κ2) is 4.00. The van der Waals surface area contributed by atoms with Crippen LogP contribution >= 0.6 is 0 Å². The molecule has 0 spiro atoms. The van der Waals surface area contributed by atoms with Crippen molar-refractivity contribution >= 4 is 5.78 Å². The Balaban J connectivity index is 2.88. The van der Waals surface area contributed by atoms with Gasteiger partial charge in [0.05, 0.1) is 0 Å². The van der Waals surface area contributed by atoms with Gasteiger partial charge in [0.25, 0.3) is 0 Å². The van der Waals surface area contributed by atoms with Crippen LogP contribution in [0.15, 0.2) is 18.5 Å². The SMILES string of the molecule is CCCc1cncc(C(C)=O)c1. The Morgan fingerprint density at radius 1 is 1.50 bits per heavy atom. The van der Waals surface area contributed by atoms with Gasteiger partial charge in [0, 0.05) is 18.0 Å². The van der Waals surface area contributed by atoms with Crippen LogP contribution in [0.3, 0.4) is 0 Å². The molecule has 0 aromatic carbocycles. The second-order valence-electron chi connectivity index (χ2n) is 2.89. The largest absolute Gasteiger partial charge is 0.294 e. The lowest BCUT2D eigenvalue weighted by molar-refractivity contribution is 0.101. The van der Waals surface area contributed by atoms with E-state index in [0.717, 1.165) is 18.4 Å². The van der Waals surface area contributed by atoms with Gasteiger partial charge in [-0.25, -0.2) is 0 Å². The minimum Gasteiger partial charge on any atom is -0.294 e. The van der Waals surface area contributed by atoms with E-state index in [1.807, 2.05) is 12.3 Å². The molecule has 2 nitrogen and oxygen atoms in total. The Morgan fingerprint density at radius 2 is 2.25 bits per heavy atom. The van der Waals surface area contributed by atoms with E-state index in [1.54, 1.807) is 13.1 Å². The number of carbonyl (C=O) groups is 1. The number of hydrogen-bond acceptors (Lipinski definition) is 2. The summed E-state index contributed by atoms with van der Waals surface area (Å²) in [4.78, 5) is 15.0. The lowest BCUT2D eigenvalue weighted by Gasteiger charge is -1.99. The normalized spacial score (nSPS) is 9.83. The molecule has 2 heteroatoms. The lowest BCUT2D eigenvalue weighted by atomic mass is 10.1. The molecule has 1 aromatic heterocycles. The van der Waals surface area contributed by atoms with Crippen LogP contribution in [-0.2, 0) is 6.42 Å². The summed E-state index contributed by atoms with van der Waals surface area (Å²) in [6, 6.07) is 1.92. The fourth-order valence-corrected chi connectivity index (χ4v) is 1.11. The third-order valence-electron chi connectivity index (χ3n) is 1.74. The zero-order valence-electron chi connectivity index (χ0n) is 7.50. The summed E-state index contributed by atoms with van der Waals surface area (Å²) >= 11 is 0. The monoisotopic (exact) mass is 163 g/mol. The van der Waals surface area contributed by atoms with Crippen molar-refractivity contribution in [2.24, 2.45) is 0 Å². The predicted molar refractivity (Wildman–Crippen MR) is 48.2 cm³/mol. The van der Waals surface area contributed by atoms with Crippen LogP contribution in [0.4, 0.5) is 0 Å². The Labute approximate surface area is 72.6 Å². The quantitative estimate of drug-likeness (QED) is 0.639. The molecule has 0 aliphatic rings. The first-order chi connectivity index (χ1) is 5.74. The van der Waals surface area contributed by atoms with Gasteiger partial charge < -0.3 is 0 Å². The first-order valence-corrected chi connectivity index (χ1v) is 4.19. The van der Waals surface area contributed by atoms with Crippen LogP contribution in [0.5, 0.6) is 0 Å². The maximum absolute atomic E-state index is 11.0. The third-order valence-corrected chi connectivity index (χ3v) is 1.74. The molecule has 0 saturated heterocycles. The van der Waals surface area contributed by atoms with Crippen molar-refractivity contribution in [3.05, 3.63) is 29.6 Å². The standard InChI is InChI=1S/C10H13NO/c1-3-4-9-5-10(8(2)12)7-11-6-9/h5-7H,3-4H2,1-2H3. The van der Waals surface area contributed by atoms with E-state index in [2.05, 4.69) is 11.9 Å². The van der Waals surface area contributed by atoms with Crippen LogP contribution in [-0.4, -0.2) is 10.8 Å². The molecule has 64 valence electrons. The molecule has 0 radical (unpaired) electrons. The highest BCUT2D eigenvalue weighted by Gasteiger charge is 1.99. The average Bonchev–Trinajstić information content (AvgIpc) is 2.05. The van der Waals surface area contributed by atoms with E-state index in [0.29, 0.717) is 5.56 Å². The number of aromatic nitrogens is 1. The number of pyridine rings is 1. The lowest BCUT2D eigenvalue weighted by Crippen LogP contribution is -1.95. The molecule has 0 fully saturated rings. The van der Waals surface area contributed by atoms with Crippen molar-refractivity contribution in [2.45, 2.75) is 26.7 Å². The minimum atomic E-state index is 0.0838. The first-order valence-electron chi connectivity index (χ1n) is 4.19. The molecule has 0 amide bonds. The van der Waals surface area contributed by atoms with Crippen LogP contribution < -0.4 is 0 Å². The van der Waals surface area contributed by atoms with Crippen LogP contribution in [0.1, 0.15) is 36.2 Å². The average molecular weight is 163 g/mol. The van der Waals surface area contributed by atoms with Gasteiger partial charge >= 0.3 is 0 Å². The number of ketones is 1. The smallest absolute Gasteiger partial charge is 0.161 e. The molecule has 0 aliphatic carbocycles. The summed E-state index contributed by atoms with van der Waals surface area (Å²) in [5, 5.41) is 0. The van der Waals surface area contributed by atoms with E-state index in [9.17, 15) is 4.79 Å². The highest BCUT2D eigenvalue weighted by molar-refractivity contribution is 5.93. The topological polar surface area (TPSA) is 30.0 Å². The van der Waals surface area contributed by atoms with E-state index in [4.69, 9.17) is 0 Å². The van der Waals surface area contributed by atoms with Crippen molar-refractivity contribution < 1.29 is 4.79 Å². The summed E-state index contributed by atoms with van der Waals surface area (Å²) in [5.41, 5.74) is 1.85. The van der Waals surface area contributed by atoms with E-state index >= 15 is 0 Å². The van der Waals surface area contributed by atoms with Crippen molar-refractivity contribution in [1.29, 1.82) is 0 Å². The van der Waals surface area contributed by atoms with Gasteiger partial charge in [-0.05, 0) is 25.0 Å². The third kappa shape index (κ3) is 2.16. The molecular weight excluding hydrogens is 150 g/mol. The first kappa shape index (κ1) is 8.91. The second-order valence-corrected chi connectivity index (χ2v) is 2.89. The highest BCUT2D eigenvalue weighted by atomic mass is 16.1. The van der Waals surface area contributed by atoms with Gasteiger partial charge in [0.15, 0.2) is 5.78 Å². The maximum atomic E-state index is 11.0. The molecule has 0 bridgehead atoms. The Hall–Kier alpha value is -1.18. The number of carbonyl (C=O) groups excluding carboxylic acids is 1. The summed E-state index contributed by atoms with van der Waals surface area (Å²) in [6.45, 7) is 3.67. The zero-order valence-corrected chi connectivity index (χ0v) is 7.50. The Kier molecular flexibility index (Phi) is 2.97. The Morgan fingerprint density at radius 3 is 2.83 bits per heavy atom. The van der Waals surface area contributed by atoms with Crippen molar-refractivity contribution in [2.75, 3.05) is 0 Å². The van der Waals surface area contributed by atoms with E-state index in [1.165, 1.54) is 0 Å². The molecule has 0 N–H and O–H groups in total. The van der Waals surface area contributed by atoms with E-state index < -0.39 is 0 Å². The number of Topliss-reactive ketones (excluding diaryl/α,β-unsaturated/α-hetero) is 1.